The van der Waals surface area contributed by atoms with Gasteiger partial charge in [-0.15, -0.1) is 0 Å². The molecule has 0 radical (unpaired) electrons. The van der Waals surface area contributed by atoms with Crippen LogP contribution >= 0.6 is 0 Å². The average Bonchev–Trinajstić information content (AvgIpc) is 2.75. The van der Waals surface area contributed by atoms with Crippen LogP contribution in [0.15, 0.2) is 54.6 Å². The Morgan fingerprint density at radius 2 is 1.68 bits per heavy atom. The predicted molar refractivity (Wildman–Crippen MR) is 111 cm³/mol. The van der Waals surface area contributed by atoms with Crippen LogP contribution in [0.3, 0.4) is 0 Å². The van der Waals surface area contributed by atoms with Gasteiger partial charge < -0.3 is 20.3 Å². The van der Waals surface area contributed by atoms with Crippen LogP contribution in [0, 0.1) is 17.0 Å². The number of benzene rings is 2. The number of carbonyl (C=O) groups is 1. The molecule has 0 aliphatic heterocycles. The van der Waals surface area contributed by atoms with Gasteiger partial charge in [0.15, 0.2) is 11.6 Å². The summed E-state index contributed by atoms with van der Waals surface area (Å²) in [4.78, 5) is 14.9. The van der Waals surface area contributed by atoms with Gasteiger partial charge in [-0.1, -0.05) is 30.3 Å². The number of hydrogen-bond donors (Lipinski definition) is 2. The van der Waals surface area contributed by atoms with Crippen LogP contribution in [-0.2, 0) is 11.3 Å². The Balaban J connectivity index is 1.85. The first-order valence-electron chi connectivity index (χ1n) is 9.49. The summed E-state index contributed by atoms with van der Waals surface area (Å²) in [6.45, 7) is 2.87. The van der Waals surface area contributed by atoms with E-state index in [2.05, 4.69) is 4.98 Å². The zero-order valence-corrected chi connectivity index (χ0v) is 17.1. The van der Waals surface area contributed by atoms with Crippen molar-refractivity contribution in [2.24, 2.45) is 11.1 Å². The lowest BCUT2D eigenvalue weighted by Gasteiger charge is -2.19. The highest BCUT2D eigenvalue weighted by atomic mass is 19.1. The van der Waals surface area contributed by atoms with Crippen molar-refractivity contribution >= 4 is 5.97 Å². The van der Waals surface area contributed by atoms with E-state index >= 15 is 0 Å². The van der Waals surface area contributed by atoms with Crippen LogP contribution in [-0.4, -0.2) is 22.7 Å². The van der Waals surface area contributed by atoms with Crippen LogP contribution in [0.1, 0.15) is 19.4 Å². The Kier molecular flexibility index (Phi) is 6.50. The molecule has 0 fully saturated rings. The van der Waals surface area contributed by atoms with Gasteiger partial charge in [0, 0.05) is 12.6 Å². The number of nitrogens with two attached hydrogens (primary N) is 1. The molecule has 6 nitrogen and oxygen atoms in total. The van der Waals surface area contributed by atoms with Crippen LogP contribution in [0.2, 0.25) is 0 Å². The van der Waals surface area contributed by atoms with Gasteiger partial charge in [-0.3, -0.25) is 4.79 Å². The number of aliphatic carboxylic acids is 1. The minimum Gasteiger partial charge on any atom is -0.481 e. The van der Waals surface area contributed by atoms with E-state index in [-0.39, 0.29) is 12.4 Å². The third-order valence-corrected chi connectivity index (χ3v) is 4.56. The molecule has 3 N–H and O–H groups in total. The molecule has 2 aromatic carbocycles. The molecule has 0 saturated carbocycles. The average molecular weight is 428 g/mol. The van der Waals surface area contributed by atoms with E-state index in [1.165, 1.54) is 13.8 Å². The lowest BCUT2D eigenvalue weighted by Crippen LogP contribution is -2.31. The third kappa shape index (κ3) is 5.35. The molecule has 0 bridgehead atoms. The monoisotopic (exact) mass is 428 g/mol. The summed E-state index contributed by atoms with van der Waals surface area (Å²) < 4.78 is 39.0. The zero-order valence-electron chi connectivity index (χ0n) is 17.1. The molecule has 31 heavy (non-hydrogen) atoms. The molecule has 1 aromatic heterocycles. The number of aromatic nitrogens is 1. The first-order chi connectivity index (χ1) is 14.7. The van der Waals surface area contributed by atoms with Crippen LogP contribution in [0.5, 0.6) is 17.5 Å². The Bertz CT molecular complexity index is 1100. The minimum absolute atomic E-state index is 0.283. The second-order valence-electron chi connectivity index (χ2n) is 7.57. The third-order valence-electron chi connectivity index (χ3n) is 4.56. The Hall–Kier alpha value is -3.52. The molecule has 162 valence electrons. The quantitative estimate of drug-likeness (QED) is 0.537. The van der Waals surface area contributed by atoms with E-state index in [0.717, 1.165) is 16.7 Å². The molecule has 3 aromatic rings. The van der Waals surface area contributed by atoms with Crippen molar-refractivity contribution in [1.82, 2.24) is 4.98 Å². The van der Waals surface area contributed by atoms with Crippen LogP contribution in [0.4, 0.5) is 8.78 Å². The molecule has 0 unspecified atom stereocenters. The maximum atomic E-state index is 14.2. The normalized spacial score (nSPS) is 11.3. The zero-order chi connectivity index (χ0) is 22.6. The standard InChI is InChI=1S/C23H22F2N2O4/c1-23(2,22(28)29)13-30-20-18(24)11-19(25)21(27-20)31-17-8-4-7-16(10-17)15-6-3-5-14(9-15)12-26/h3-11H,12-13,26H2,1-2H3,(H,28,29). The van der Waals surface area contributed by atoms with Crippen LogP contribution < -0.4 is 15.2 Å². The Morgan fingerprint density at radius 1 is 1.03 bits per heavy atom. The molecule has 8 heteroatoms. The fraction of sp³-hybridized carbons (Fsp3) is 0.217. The smallest absolute Gasteiger partial charge is 0.312 e. The highest BCUT2D eigenvalue weighted by Gasteiger charge is 2.29. The maximum Gasteiger partial charge on any atom is 0.312 e. The van der Waals surface area contributed by atoms with Crippen molar-refractivity contribution in [3.05, 3.63) is 71.8 Å². The number of nitrogens with zero attached hydrogens (tertiary/aromatic N) is 1. The largest absolute Gasteiger partial charge is 0.481 e. The molecule has 0 spiro atoms. The topological polar surface area (TPSA) is 94.7 Å². The summed E-state index contributed by atoms with van der Waals surface area (Å²) in [5, 5.41) is 9.15. The number of hydrogen-bond acceptors (Lipinski definition) is 5. The van der Waals surface area contributed by atoms with Crippen molar-refractivity contribution in [3.8, 4) is 28.6 Å². The summed E-state index contributed by atoms with van der Waals surface area (Å²) in [7, 11) is 0. The molecular weight excluding hydrogens is 406 g/mol. The minimum atomic E-state index is -1.28. The van der Waals surface area contributed by atoms with Crippen molar-refractivity contribution in [1.29, 1.82) is 0 Å². The predicted octanol–water partition coefficient (Wildman–Crippen LogP) is 4.77. The number of pyridine rings is 1. The molecule has 0 aliphatic rings. The lowest BCUT2D eigenvalue weighted by molar-refractivity contribution is -0.148. The summed E-state index contributed by atoms with van der Waals surface area (Å²) in [5.41, 5.74) is 7.09. The lowest BCUT2D eigenvalue weighted by atomic mass is 9.95. The number of halogens is 2. The second-order valence-corrected chi connectivity index (χ2v) is 7.57. The molecule has 0 atom stereocenters. The van der Waals surface area contributed by atoms with Gasteiger partial charge in [0.25, 0.3) is 11.8 Å². The summed E-state index contributed by atoms with van der Waals surface area (Å²) >= 11 is 0. The number of carboxylic acids is 1. The highest BCUT2D eigenvalue weighted by Crippen LogP contribution is 2.31. The highest BCUT2D eigenvalue weighted by molar-refractivity contribution is 5.73. The molecule has 0 amide bonds. The summed E-state index contributed by atoms with van der Waals surface area (Å²) in [6, 6.07) is 15.1. The van der Waals surface area contributed by atoms with Crippen molar-refractivity contribution in [2.45, 2.75) is 20.4 Å². The first kappa shape index (κ1) is 22.2. The van der Waals surface area contributed by atoms with Gasteiger partial charge in [-0.2, -0.15) is 4.98 Å². The van der Waals surface area contributed by atoms with E-state index in [9.17, 15) is 13.6 Å². The van der Waals surface area contributed by atoms with Gasteiger partial charge in [0.05, 0.1) is 5.41 Å². The van der Waals surface area contributed by atoms with Gasteiger partial charge in [0.2, 0.25) is 0 Å². The summed E-state index contributed by atoms with van der Waals surface area (Å²) in [5.74, 6) is -3.95. The maximum absolute atomic E-state index is 14.2. The van der Waals surface area contributed by atoms with E-state index < -0.39 is 34.8 Å². The van der Waals surface area contributed by atoms with E-state index in [0.29, 0.717) is 12.6 Å². The van der Waals surface area contributed by atoms with Gasteiger partial charge in [0.1, 0.15) is 12.4 Å². The van der Waals surface area contributed by atoms with Crippen molar-refractivity contribution in [3.63, 3.8) is 0 Å². The Morgan fingerprint density at radius 3 is 2.35 bits per heavy atom. The fourth-order valence-corrected chi connectivity index (χ4v) is 2.65. The fourth-order valence-electron chi connectivity index (χ4n) is 2.65. The SMILES string of the molecule is CC(C)(COc1nc(Oc2cccc(-c3cccc(CN)c3)c2)c(F)cc1F)C(=O)O. The van der Waals surface area contributed by atoms with Crippen molar-refractivity contribution in [2.75, 3.05) is 6.61 Å². The Labute approximate surface area is 178 Å². The van der Waals surface area contributed by atoms with E-state index in [4.69, 9.17) is 20.3 Å². The number of carboxylic acid groups (broad SMARTS) is 1. The van der Waals surface area contributed by atoms with E-state index in [1.54, 1.807) is 18.2 Å². The molecular formula is C23H22F2N2O4. The molecule has 3 rings (SSSR count). The molecule has 0 saturated heterocycles. The van der Waals surface area contributed by atoms with Gasteiger partial charge in [-0.25, -0.2) is 8.78 Å². The molecule has 1 heterocycles. The van der Waals surface area contributed by atoms with Gasteiger partial charge in [-0.05, 0) is 48.7 Å². The van der Waals surface area contributed by atoms with Gasteiger partial charge >= 0.3 is 5.97 Å². The first-order valence-corrected chi connectivity index (χ1v) is 9.49. The van der Waals surface area contributed by atoms with Crippen LogP contribution in [0.25, 0.3) is 11.1 Å². The van der Waals surface area contributed by atoms with E-state index in [1.807, 2.05) is 30.3 Å². The molecule has 0 aliphatic carbocycles. The summed E-state index contributed by atoms with van der Waals surface area (Å²) in [6.07, 6.45) is 0. The number of ether oxygens (including phenoxy) is 2. The second kappa shape index (κ2) is 9.09. The number of rotatable bonds is 8. The van der Waals surface area contributed by atoms with Crippen molar-refractivity contribution < 1.29 is 28.2 Å².